The summed E-state index contributed by atoms with van der Waals surface area (Å²) in [6.45, 7) is 3.55. The maximum Gasteiger partial charge on any atom is 0.168 e. The summed E-state index contributed by atoms with van der Waals surface area (Å²) in [6.07, 6.45) is -0.777. The van der Waals surface area contributed by atoms with E-state index in [2.05, 4.69) is 0 Å². The van der Waals surface area contributed by atoms with E-state index in [1.54, 1.807) is 31.2 Å². The van der Waals surface area contributed by atoms with Gasteiger partial charge >= 0.3 is 0 Å². The fourth-order valence-corrected chi connectivity index (χ4v) is 1.69. The number of hydrogen-bond acceptors (Lipinski definition) is 2. The summed E-state index contributed by atoms with van der Waals surface area (Å²) in [4.78, 5) is 0. The summed E-state index contributed by atoms with van der Waals surface area (Å²) in [5, 5.41) is 9.60. The molecule has 94 valence electrons. The number of rotatable bonds is 3. The smallest absolute Gasteiger partial charge is 0.168 e. The highest BCUT2D eigenvalue weighted by atomic mass is 19.1. The van der Waals surface area contributed by atoms with Crippen molar-refractivity contribution in [2.45, 2.75) is 20.0 Å². The van der Waals surface area contributed by atoms with Gasteiger partial charge in [-0.05, 0) is 32.0 Å². The molecule has 0 aliphatic carbocycles. The molecule has 0 fully saturated rings. The van der Waals surface area contributed by atoms with E-state index in [9.17, 15) is 9.50 Å². The molecular formula is C15H15FO2. The van der Waals surface area contributed by atoms with E-state index in [4.69, 9.17) is 4.74 Å². The van der Waals surface area contributed by atoms with Gasteiger partial charge in [-0.3, -0.25) is 0 Å². The van der Waals surface area contributed by atoms with Crippen LogP contribution in [0, 0.1) is 12.7 Å². The fourth-order valence-electron chi connectivity index (χ4n) is 1.69. The van der Waals surface area contributed by atoms with Crippen molar-refractivity contribution >= 4 is 0 Å². The Morgan fingerprint density at radius 2 is 1.78 bits per heavy atom. The Bertz CT molecular complexity index is 533. The highest BCUT2D eigenvalue weighted by molar-refractivity contribution is 5.40. The number of ether oxygens (including phenoxy) is 1. The van der Waals surface area contributed by atoms with Gasteiger partial charge in [0, 0.05) is 5.56 Å². The first-order valence-electron chi connectivity index (χ1n) is 5.79. The molecule has 0 aliphatic rings. The van der Waals surface area contributed by atoms with E-state index in [0.29, 0.717) is 11.3 Å². The van der Waals surface area contributed by atoms with Crippen molar-refractivity contribution in [1.29, 1.82) is 0 Å². The van der Waals surface area contributed by atoms with Gasteiger partial charge in [0.1, 0.15) is 5.75 Å². The first-order valence-corrected chi connectivity index (χ1v) is 5.79. The van der Waals surface area contributed by atoms with E-state index in [1.807, 2.05) is 19.1 Å². The average molecular weight is 246 g/mol. The van der Waals surface area contributed by atoms with Gasteiger partial charge in [0.15, 0.2) is 11.6 Å². The quantitative estimate of drug-likeness (QED) is 0.887. The third-order valence-electron chi connectivity index (χ3n) is 2.69. The van der Waals surface area contributed by atoms with Crippen molar-refractivity contribution in [2.24, 2.45) is 0 Å². The maximum absolute atomic E-state index is 13.7. The van der Waals surface area contributed by atoms with Crippen LogP contribution in [-0.4, -0.2) is 5.11 Å². The van der Waals surface area contributed by atoms with E-state index >= 15 is 0 Å². The summed E-state index contributed by atoms with van der Waals surface area (Å²) in [7, 11) is 0. The van der Waals surface area contributed by atoms with Crippen LogP contribution in [0.1, 0.15) is 24.2 Å². The molecule has 2 aromatic carbocycles. The number of hydrogen-bond donors (Lipinski definition) is 1. The predicted octanol–water partition coefficient (Wildman–Crippen LogP) is 3.98. The minimum atomic E-state index is -0.777. The molecule has 0 bridgehead atoms. The molecule has 0 saturated heterocycles. The van der Waals surface area contributed by atoms with Crippen LogP contribution in [0.5, 0.6) is 11.5 Å². The van der Waals surface area contributed by atoms with Crippen molar-refractivity contribution in [2.75, 3.05) is 0 Å². The van der Waals surface area contributed by atoms with E-state index in [0.717, 1.165) is 5.56 Å². The lowest BCUT2D eigenvalue weighted by Gasteiger charge is -2.13. The van der Waals surface area contributed by atoms with Crippen LogP contribution in [0.25, 0.3) is 0 Å². The second-order valence-corrected chi connectivity index (χ2v) is 4.25. The van der Waals surface area contributed by atoms with Crippen molar-refractivity contribution in [3.8, 4) is 11.5 Å². The molecule has 0 heterocycles. The SMILES string of the molecule is Cc1ccc(Oc2c(F)cccc2[C@@H](C)O)cc1. The Balaban J connectivity index is 2.36. The molecule has 1 N–H and O–H groups in total. The molecule has 2 nitrogen and oxygen atoms in total. The van der Waals surface area contributed by atoms with Gasteiger partial charge < -0.3 is 9.84 Å². The Hall–Kier alpha value is -1.87. The zero-order chi connectivity index (χ0) is 13.1. The van der Waals surface area contributed by atoms with Gasteiger partial charge in [-0.25, -0.2) is 4.39 Å². The van der Waals surface area contributed by atoms with Crippen LogP contribution in [0.2, 0.25) is 0 Å². The van der Waals surface area contributed by atoms with Gasteiger partial charge in [-0.1, -0.05) is 29.8 Å². The van der Waals surface area contributed by atoms with Crippen molar-refractivity contribution in [1.82, 2.24) is 0 Å². The summed E-state index contributed by atoms with van der Waals surface area (Å²) in [6, 6.07) is 11.8. The molecule has 0 unspecified atom stereocenters. The molecule has 0 aromatic heterocycles. The molecule has 0 spiro atoms. The Morgan fingerprint density at radius 1 is 1.11 bits per heavy atom. The lowest BCUT2D eigenvalue weighted by atomic mass is 10.1. The Morgan fingerprint density at radius 3 is 2.39 bits per heavy atom. The highest BCUT2D eigenvalue weighted by Crippen LogP contribution is 2.32. The first kappa shape index (κ1) is 12.6. The third-order valence-corrected chi connectivity index (χ3v) is 2.69. The van der Waals surface area contributed by atoms with E-state index in [1.165, 1.54) is 6.07 Å². The average Bonchev–Trinajstić information content (AvgIpc) is 2.34. The number of para-hydroxylation sites is 1. The van der Waals surface area contributed by atoms with Gasteiger partial charge in [-0.2, -0.15) is 0 Å². The zero-order valence-electron chi connectivity index (χ0n) is 10.4. The molecule has 1 atom stereocenters. The maximum atomic E-state index is 13.7. The second-order valence-electron chi connectivity index (χ2n) is 4.25. The first-order chi connectivity index (χ1) is 8.58. The molecule has 2 aromatic rings. The lowest BCUT2D eigenvalue weighted by molar-refractivity contribution is 0.194. The zero-order valence-corrected chi connectivity index (χ0v) is 10.4. The summed E-state index contributed by atoms with van der Waals surface area (Å²) in [5.74, 6) is 0.151. The standard InChI is InChI=1S/C15H15FO2/c1-10-6-8-12(9-7-10)18-15-13(11(2)17)4-3-5-14(15)16/h3-9,11,17H,1-2H3/t11-/m1/s1. The van der Waals surface area contributed by atoms with E-state index in [-0.39, 0.29) is 5.75 Å². The molecule has 0 saturated carbocycles. The number of benzene rings is 2. The summed E-state index contributed by atoms with van der Waals surface area (Å²) >= 11 is 0. The molecule has 2 rings (SSSR count). The molecule has 0 amide bonds. The Labute approximate surface area is 106 Å². The number of aliphatic hydroxyl groups excluding tert-OH is 1. The van der Waals surface area contributed by atoms with Gasteiger partial charge in [0.05, 0.1) is 6.10 Å². The number of aryl methyl sites for hydroxylation is 1. The summed E-state index contributed by atoms with van der Waals surface area (Å²) < 4.78 is 19.3. The number of halogens is 1. The van der Waals surface area contributed by atoms with Gasteiger partial charge in [0.2, 0.25) is 0 Å². The van der Waals surface area contributed by atoms with E-state index < -0.39 is 11.9 Å². The molecule has 0 aliphatic heterocycles. The minimum absolute atomic E-state index is 0.0800. The second kappa shape index (κ2) is 5.19. The van der Waals surface area contributed by atoms with Crippen LogP contribution in [0.4, 0.5) is 4.39 Å². The normalized spacial score (nSPS) is 12.2. The third kappa shape index (κ3) is 2.68. The van der Waals surface area contributed by atoms with Crippen molar-refractivity contribution in [3.63, 3.8) is 0 Å². The van der Waals surface area contributed by atoms with Crippen molar-refractivity contribution < 1.29 is 14.2 Å². The largest absolute Gasteiger partial charge is 0.454 e. The molecular weight excluding hydrogens is 231 g/mol. The molecule has 0 radical (unpaired) electrons. The van der Waals surface area contributed by atoms with Crippen LogP contribution in [-0.2, 0) is 0 Å². The lowest BCUT2D eigenvalue weighted by Crippen LogP contribution is -1.98. The highest BCUT2D eigenvalue weighted by Gasteiger charge is 2.14. The van der Waals surface area contributed by atoms with Gasteiger partial charge in [-0.15, -0.1) is 0 Å². The van der Waals surface area contributed by atoms with Crippen molar-refractivity contribution in [3.05, 3.63) is 59.4 Å². The van der Waals surface area contributed by atoms with Gasteiger partial charge in [0.25, 0.3) is 0 Å². The minimum Gasteiger partial charge on any atom is -0.454 e. The van der Waals surface area contributed by atoms with Crippen LogP contribution < -0.4 is 4.74 Å². The predicted molar refractivity (Wildman–Crippen MR) is 68.3 cm³/mol. The van der Waals surface area contributed by atoms with Crippen LogP contribution in [0.3, 0.4) is 0 Å². The molecule has 18 heavy (non-hydrogen) atoms. The van der Waals surface area contributed by atoms with Crippen LogP contribution in [0.15, 0.2) is 42.5 Å². The number of aliphatic hydroxyl groups is 1. The fraction of sp³-hybridized carbons (Fsp3) is 0.200. The molecule has 3 heteroatoms. The topological polar surface area (TPSA) is 29.5 Å². The monoisotopic (exact) mass is 246 g/mol. The summed E-state index contributed by atoms with van der Waals surface area (Å²) in [5.41, 5.74) is 1.54. The Kier molecular flexibility index (Phi) is 3.63. The van der Waals surface area contributed by atoms with Crippen LogP contribution >= 0.6 is 0 Å².